The van der Waals surface area contributed by atoms with Crippen molar-refractivity contribution >= 4 is 33.7 Å². The van der Waals surface area contributed by atoms with E-state index in [4.69, 9.17) is 0 Å². The molecule has 0 saturated heterocycles. The van der Waals surface area contributed by atoms with Crippen LogP contribution in [0.2, 0.25) is 0 Å². The fourth-order valence-corrected chi connectivity index (χ4v) is 2.94. The number of aromatic nitrogens is 2. The van der Waals surface area contributed by atoms with Crippen LogP contribution in [0.3, 0.4) is 0 Å². The average molecular weight is 339 g/mol. The number of carbonyl (C=O) groups is 1. The van der Waals surface area contributed by atoms with Crippen LogP contribution in [0.4, 0.5) is 0 Å². The molecular weight excluding hydrogens is 328 g/mol. The summed E-state index contributed by atoms with van der Waals surface area (Å²) in [6, 6.07) is 5.48. The van der Waals surface area contributed by atoms with Gasteiger partial charge in [0.25, 0.3) is 0 Å². The molecule has 0 atom stereocenters. The van der Waals surface area contributed by atoms with Gasteiger partial charge in [-0.1, -0.05) is 11.8 Å². The maximum atomic E-state index is 11.3. The third-order valence-electron chi connectivity index (χ3n) is 2.42. The zero-order chi connectivity index (χ0) is 14.0. The lowest BCUT2D eigenvalue weighted by atomic mass is 10.2. The van der Waals surface area contributed by atoms with Crippen molar-refractivity contribution in [1.82, 2.24) is 9.97 Å². The van der Waals surface area contributed by atoms with Crippen molar-refractivity contribution in [1.29, 1.82) is 0 Å². The number of rotatable bonds is 3. The molecule has 6 heteroatoms. The van der Waals surface area contributed by atoms with Crippen LogP contribution in [0.1, 0.15) is 21.7 Å². The summed E-state index contributed by atoms with van der Waals surface area (Å²) in [5.41, 5.74) is 1.55. The summed E-state index contributed by atoms with van der Waals surface area (Å²) in [6.07, 6.45) is 1.68. The molecule has 4 nitrogen and oxygen atoms in total. The summed E-state index contributed by atoms with van der Waals surface area (Å²) >= 11 is 4.64. The van der Waals surface area contributed by atoms with Gasteiger partial charge >= 0.3 is 5.97 Å². The molecule has 98 valence electrons. The normalized spacial score (nSPS) is 10.5. The summed E-state index contributed by atoms with van der Waals surface area (Å²) < 4.78 is 0.886. The molecule has 0 saturated carbocycles. The highest BCUT2D eigenvalue weighted by molar-refractivity contribution is 9.10. The maximum Gasteiger partial charge on any atom is 0.338 e. The Morgan fingerprint density at radius 1 is 1.37 bits per heavy atom. The molecule has 0 unspecified atom stereocenters. The van der Waals surface area contributed by atoms with Crippen LogP contribution in [-0.2, 0) is 0 Å². The van der Waals surface area contributed by atoms with Crippen LogP contribution in [0.15, 0.2) is 38.8 Å². The van der Waals surface area contributed by atoms with Gasteiger partial charge in [0.15, 0.2) is 0 Å². The first kappa shape index (κ1) is 14.0. The second-order valence-corrected chi connectivity index (χ2v) is 5.92. The molecule has 2 rings (SSSR count). The van der Waals surface area contributed by atoms with Crippen molar-refractivity contribution < 1.29 is 9.90 Å². The van der Waals surface area contributed by atoms with Gasteiger partial charge in [-0.25, -0.2) is 9.78 Å². The number of aromatic carboxylic acids is 1. The van der Waals surface area contributed by atoms with E-state index in [0.717, 1.165) is 15.2 Å². The van der Waals surface area contributed by atoms with E-state index < -0.39 is 5.97 Å². The lowest BCUT2D eigenvalue weighted by molar-refractivity contribution is 0.0691. The largest absolute Gasteiger partial charge is 0.478 e. The number of pyridine rings is 2. The Balaban J connectivity index is 2.44. The number of carboxylic acids is 1. The van der Waals surface area contributed by atoms with Crippen molar-refractivity contribution in [3.8, 4) is 0 Å². The molecule has 2 heterocycles. The van der Waals surface area contributed by atoms with E-state index in [9.17, 15) is 9.90 Å². The van der Waals surface area contributed by atoms with Gasteiger partial charge in [0.05, 0.1) is 11.3 Å². The first-order chi connectivity index (χ1) is 8.97. The van der Waals surface area contributed by atoms with Crippen LogP contribution in [-0.4, -0.2) is 21.0 Å². The van der Waals surface area contributed by atoms with Gasteiger partial charge in [-0.3, -0.25) is 4.98 Å². The molecule has 0 spiro atoms. The number of nitrogens with zero attached hydrogens (tertiary/aromatic N) is 2. The molecule has 19 heavy (non-hydrogen) atoms. The number of aryl methyl sites for hydroxylation is 2. The topological polar surface area (TPSA) is 63.1 Å². The Hall–Kier alpha value is -1.40. The summed E-state index contributed by atoms with van der Waals surface area (Å²) in [6.45, 7) is 3.55. The van der Waals surface area contributed by atoms with Gasteiger partial charge in [-0.15, -0.1) is 0 Å². The Morgan fingerprint density at radius 2 is 2.11 bits per heavy atom. The van der Waals surface area contributed by atoms with E-state index in [1.807, 2.05) is 19.1 Å². The highest BCUT2D eigenvalue weighted by Gasteiger charge is 2.16. The van der Waals surface area contributed by atoms with E-state index >= 15 is 0 Å². The van der Waals surface area contributed by atoms with Gasteiger partial charge in [0, 0.05) is 21.3 Å². The second kappa shape index (κ2) is 5.71. The van der Waals surface area contributed by atoms with Crippen molar-refractivity contribution in [2.45, 2.75) is 23.8 Å². The Bertz CT molecular complexity index is 629. The molecule has 2 aromatic heterocycles. The molecule has 2 aromatic rings. The highest BCUT2D eigenvalue weighted by Crippen LogP contribution is 2.31. The van der Waals surface area contributed by atoms with Crippen LogP contribution < -0.4 is 0 Å². The van der Waals surface area contributed by atoms with Gasteiger partial charge < -0.3 is 5.11 Å². The third-order valence-corrected chi connectivity index (χ3v) is 3.88. The minimum Gasteiger partial charge on any atom is -0.478 e. The summed E-state index contributed by atoms with van der Waals surface area (Å²) in [5.74, 6) is -0.968. The van der Waals surface area contributed by atoms with Crippen LogP contribution in [0.5, 0.6) is 0 Å². The van der Waals surface area contributed by atoms with E-state index in [1.165, 1.54) is 11.8 Å². The molecular formula is C13H11BrN2O2S. The molecule has 0 radical (unpaired) electrons. The third kappa shape index (κ3) is 3.33. The molecule has 0 fully saturated rings. The molecule has 0 aliphatic heterocycles. The monoisotopic (exact) mass is 338 g/mol. The maximum absolute atomic E-state index is 11.3. The standard InChI is InChI=1S/C13H11BrN2O2S/c1-7-5-10(12(13(17)18)8(2)16-7)19-11-4-3-9(14)6-15-11/h3-6H,1-2H3,(H,17,18). The number of carboxylic acid groups (broad SMARTS) is 1. The molecule has 0 aromatic carbocycles. The van der Waals surface area contributed by atoms with E-state index in [0.29, 0.717) is 10.6 Å². The van der Waals surface area contributed by atoms with Crippen LogP contribution in [0, 0.1) is 13.8 Å². The Labute approximate surface area is 123 Å². The summed E-state index contributed by atoms with van der Waals surface area (Å²) in [5, 5.41) is 10.0. The predicted octanol–water partition coefficient (Wildman–Crippen LogP) is 3.71. The smallest absolute Gasteiger partial charge is 0.338 e. The molecule has 0 amide bonds. The zero-order valence-corrected chi connectivity index (χ0v) is 12.7. The SMILES string of the molecule is Cc1cc(Sc2ccc(Br)cn2)c(C(=O)O)c(C)n1. The van der Waals surface area contributed by atoms with Crippen molar-refractivity contribution in [3.63, 3.8) is 0 Å². The van der Waals surface area contributed by atoms with Crippen LogP contribution >= 0.6 is 27.7 Å². The minimum atomic E-state index is -0.968. The molecule has 0 aliphatic carbocycles. The molecule has 0 aliphatic rings. The van der Waals surface area contributed by atoms with Gasteiger partial charge in [-0.2, -0.15) is 0 Å². The highest BCUT2D eigenvalue weighted by atomic mass is 79.9. The van der Waals surface area contributed by atoms with Crippen molar-refractivity contribution in [2.75, 3.05) is 0 Å². The van der Waals surface area contributed by atoms with Crippen LogP contribution in [0.25, 0.3) is 0 Å². The zero-order valence-electron chi connectivity index (χ0n) is 10.3. The fraction of sp³-hybridized carbons (Fsp3) is 0.154. The number of hydrogen-bond donors (Lipinski definition) is 1. The lowest BCUT2D eigenvalue weighted by Gasteiger charge is -2.09. The van der Waals surface area contributed by atoms with Gasteiger partial charge in [-0.05, 0) is 48.0 Å². The fourth-order valence-electron chi connectivity index (χ4n) is 1.67. The predicted molar refractivity (Wildman–Crippen MR) is 76.7 cm³/mol. The van der Waals surface area contributed by atoms with E-state index in [1.54, 1.807) is 19.2 Å². The number of halogens is 1. The average Bonchev–Trinajstić information content (AvgIpc) is 2.30. The Kier molecular flexibility index (Phi) is 4.21. The minimum absolute atomic E-state index is 0.236. The van der Waals surface area contributed by atoms with Crippen molar-refractivity contribution in [3.05, 3.63) is 45.8 Å². The quantitative estimate of drug-likeness (QED) is 0.924. The van der Waals surface area contributed by atoms with Crippen molar-refractivity contribution in [2.24, 2.45) is 0 Å². The van der Waals surface area contributed by atoms with Gasteiger partial charge in [0.2, 0.25) is 0 Å². The summed E-state index contributed by atoms with van der Waals surface area (Å²) in [4.78, 5) is 20.4. The Morgan fingerprint density at radius 3 is 2.68 bits per heavy atom. The molecule has 0 bridgehead atoms. The van der Waals surface area contributed by atoms with E-state index in [-0.39, 0.29) is 5.56 Å². The first-order valence-electron chi connectivity index (χ1n) is 5.48. The number of hydrogen-bond acceptors (Lipinski definition) is 4. The summed E-state index contributed by atoms with van der Waals surface area (Å²) in [7, 11) is 0. The van der Waals surface area contributed by atoms with Gasteiger partial charge in [0.1, 0.15) is 5.03 Å². The first-order valence-corrected chi connectivity index (χ1v) is 7.09. The molecule has 1 N–H and O–H groups in total. The lowest BCUT2D eigenvalue weighted by Crippen LogP contribution is -2.05. The van der Waals surface area contributed by atoms with E-state index in [2.05, 4.69) is 25.9 Å². The second-order valence-electron chi connectivity index (χ2n) is 3.94.